The van der Waals surface area contributed by atoms with Crippen LogP contribution in [0.1, 0.15) is 46.1 Å². The van der Waals surface area contributed by atoms with Gasteiger partial charge in [-0.3, -0.25) is 0 Å². The molecule has 0 saturated heterocycles. The zero-order valence-corrected chi connectivity index (χ0v) is 12.7. The standard InChI is InChI=1S/C14H26N2O3/c1-11(2)18-7-6-17-10-13-8-12(16-19-13)9-15-14(3,4)5/h8,11,15H,6-7,9-10H2,1-5H3. The Labute approximate surface area is 115 Å². The molecule has 110 valence electrons. The summed E-state index contributed by atoms with van der Waals surface area (Å²) in [4.78, 5) is 0. The first-order valence-corrected chi connectivity index (χ1v) is 6.75. The van der Waals surface area contributed by atoms with Crippen LogP contribution < -0.4 is 5.32 Å². The van der Waals surface area contributed by atoms with E-state index in [-0.39, 0.29) is 11.6 Å². The Balaban J connectivity index is 2.20. The van der Waals surface area contributed by atoms with E-state index in [4.69, 9.17) is 14.0 Å². The van der Waals surface area contributed by atoms with Gasteiger partial charge in [-0.15, -0.1) is 0 Å². The summed E-state index contributed by atoms with van der Waals surface area (Å²) in [6, 6.07) is 1.92. The molecule has 0 unspecified atom stereocenters. The molecule has 0 spiro atoms. The molecule has 1 aromatic heterocycles. The second-order valence-electron chi connectivity index (χ2n) is 5.86. The van der Waals surface area contributed by atoms with Crippen LogP contribution in [0.4, 0.5) is 0 Å². The molecular weight excluding hydrogens is 244 g/mol. The Hall–Kier alpha value is -0.910. The molecule has 1 heterocycles. The van der Waals surface area contributed by atoms with Gasteiger partial charge in [0, 0.05) is 18.2 Å². The van der Waals surface area contributed by atoms with Crippen molar-refractivity contribution in [1.82, 2.24) is 10.5 Å². The van der Waals surface area contributed by atoms with E-state index in [9.17, 15) is 0 Å². The SMILES string of the molecule is CC(C)OCCOCc1cc(CNC(C)(C)C)no1. The topological polar surface area (TPSA) is 56.5 Å². The van der Waals surface area contributed by atoms with Gasteiger partial charge in [0.25, 0.3) is 0 Å². The summed E-state index contributed by atoms with van der Waals surface area (Å²) in [6.07, 6.45) is 0.240. The van der Waals surface area contributed by atoms with Crippen molar-refractivity contribution in [2.45, 2.75) is 59.4 Å². The molecule has 0 aliphatic heterocycles. The van der Waals surface area contributed by atoms with Gasteiger partial charge in [-0.1, -0.05) is 5.16 Å². The molecule has 5 nitrogen and oxygen atoms in total. The minimum Gasteiger partial charge on any atom is -0.376 e. The van der Waals surface area contributed by atoms with Gasteiger partial charge in [-0.25, -0.2) is 0 Å². The fraction of sp³-hybridized carbons (Fsp3) is 0.786. The van der Waals surface area contributed by atoms with Crippen molar-refractivity contribution in [3.05, 3.63) is 17.5 Å². The Morgan fingerprint density at radius 1 is 1.32 bits per heavy atom. The van der Waals surface area contributed by atoms with Gasteiger partial charge in [-0.2, -0.15) is 0 Å². The zero-order valence-electron chi connectivity index (χ0n) is 12.7. The number of nitrogens with one attached hydrogen (secondary N) is 1. The summed E-state index contributed by atoms with van der Waals surface area (Å²) in [5, 5.41) is 7.35. The maximum Gasteiger partial charge on any atom is 0.162 e. The number of nitrogens with zero attached hydrogens (tertiary/aromatic N) is 1. The maximum absolute atomic E-state index is 5.45. The van der Waals surface area contributed by atoms with Crippen LogP contribution in [0.5, 0.6) is 0 Å². The fourth-order valence-corrected chi connectivity index (χ4v) is 1.38. The first kappa shape index (κ1) is 16.1. The number of aromatic nitrogens is 1. The van der Waals surface area contributed by atoms with E-state index in [1.54, 1.807) is 0 Å². The summed E-state index contributed by atoms with van der Waals surface area (Å²) in [6.45, 7) is 12.7. The molecule has 0 bridgehead atoms. The summed E-state index contributed by atoms with van der Waals surface area (Å²) in [7, 11) is 0. The van der Waals surface area contributed by atoms with Crippen LogP contribution in [-0.2, 0) is 22.6 Å². The van der Waals surface area contributed by atoms with E-state index >= 15 is 0 Å². The zero-order chi connectivity index (χ0) is 14.3. The first-order valence-electron chi connectivity index (χ1n) is 6.75. The van der Waals surface area contributed by atoms with Crippen molar-refractivity contribution in [2.75, 3.05) is 13.2 Å². The van der Waals surface area contributed by atoms with Crippen LogP contribution >= 0.6 is 0 Å². The van der Waals surface area contributed by atoms with Gasteiger partial charge in [0.15, 0.2) is 5.76 Å². The minimum absolute atomic E-state index is 0.0732. The quantitative estimate of drug-likeness (QED) is 0.736. The third-order valence-electron chi connectivity index (χ3n) is 2.33. The monoisotopic (exact) mass is 270 g/mol. The molecule has 1 N–H and O–H groups in total. The summed E-state index contributed by atoms with van der Waals surface area (Å²) >= 11 is 0. The van der Waals surface area contributed by atoms with Gasteiger partial charge in [-0.05, 0) is 34.6 Å². The van der Waals surface area contributed by atoms with Gasteiger partial charge in [0.2, 0.25) is 0 Å². The smallest absolute Gasteiger partial charge is 0.162 e. The molecule has 0 radical (unpaired) electrons. The molecule has 0 amide bonds. The average Bonchev–Trinajstić information content (AvgIpc) is 2.72. The van der Waals surface area contributed by atoms with Gasteiger partial charge in [0.1, 0.15) is 6.61 Å². The number of hydrogen-bond donors (Lipinski definition) is 1. The molecule has 1 aromatic rings. The van der Waals surface area contributed by atoms with Crippen molar-refractivity contribution in [1.29, 1.82) is 0 Å². The van der Waals surface area contributed by atoms with Gasteiger partial charge < -0.3 is 19.3 Å². The van der Waals surface area contributed by atoms with Crippen LogP contribution in [-0.4, -0.2) is 30.0 Å². The lowest BCUT2D eigenvalue weighted by molar-refractivity contribution is 0.00926. The van der Waals surface area contributed by atoms with Crippen LogP contribution in [0.3, 0.4) is 0 Å². The van der Waals surface area contributed by atoms with Crippen molar-refractivity contribution in [3.8, 4) is 0 Å². The predicted molar refractivity (Wildman–Crippen MR) is 73.8 cm³/mol. The molecule has 19 heavy (non-hydrogen) atoms. The number of rotatable bonds is 8. The lowest BCUT2D eigenvalue weighted by atomic mass is 10.1. The van der Waals surface area contributed by atoms with Crippen LogP contribution in [0.2, 0.25) is 0 Å². The van der Waals surface area contributed by atoms with E-state index in [0.29, 0.717) is 26.4 Å². The highest BCUT2D eigenvalue weighted by Gasteiger charge is 2.11. The highest BCUT2D eigenvalue weighted by atomic mass is 16.5. The Bertz CT molecular complexity index is 356. The minimum atomic E-state index is 0.0732. The molecule has 1 rings (SSSR count). The molecule has 5 heteroatoms. The summed E-state index contributed by atoms with van der Waals surface area (Å²) in [5.74, 6) is 0.746. The van der Waals surface area contributed by atoms with Gasteiger partial charge >= 0.3 is 0 Å². The molecule has 0 fully saturated rings. The van der Waals surface area contributed by atoms with E-state index in [1.807, 2.05) is 19.9 Å². The van der Waals surface area contributed by atoms with Crippen molar-refractivity contribution in [2.24, 2.45) is 0 Å². The van der Waals surface area contributed by atoms with Crippen molar-refractivity contribution < 1.29 is 14.0 Å². The van der Waals surface area contributed by atoms with E-state index in [2.05, 4.69) is 31.2 Å². The number of hydrogen-bond acceptors (Lipinski definition) is 5. The summed E-state index contributed by atoms with van der Waals surface area (Å²) < 4.78 is 16.0. The molecule has 0 saturated carbocycles. The second kappa shape index (κ2) is 7.62. The van der Waals surface area contributed by atoms with Crippen LogP contribution in [0.15, 0.2) is 10.6 Å². The van der Waals surface area contributed by atoms with Crippen LogP contribution in [0.25, 0.3) is 0 Å². The van der Waals surface area contributed by atoms with Gasteiger partial charge in [0.05, 0.1) is 25.0 Å². The molecule has 0 aromatic carbocycles. The third-order valence-corrected chi connectivity index (χ3v) is 2.33. The molecule has 0 aliphatic rings. The average molecular weight is 270 g/mol. The Kier molecular flexibility index (Phi) is 6.48. The van der Waals surface area contributed by atoms with E-state index in [0.717, 1.165) is 11.5 Å². The van der Waals surface area contributed by atoms with Crippen molar-refractivity contribution in [3.63, 3.8) is 0 Å². The Morgan fingerprint density at radius 3 is 2.68 bits per heavy atom. The lowest BCUT2D eigenvalue weighted by Gasteiger charge is -2.19. The van der Waals surface area contributed by atoms with E-state index < -0.39 is 0 Å². The largest absolute Gasteiger partial charge is 0.376 e. The second-order valence-corrected chi connectivity index (χ2v) is 5.86. The summed E-state index contributed by atoms with van der Waals surface area (Å²) in [5.41, 5.74) is 0.969. The molecule has 0 atom stereocenters. The van der Waals surface area contributed by atoms with Crippen LogP contribution in [0, 0.1) is 0 Å². The predicted octanol–water partition coefficient (Wildman–Crippen LogP) is 2.50. The van der Waals surface area contributed by atoms with E-state index in [1.165, 1.54) is 0 Å². The Morgan fingerprint density at radius 2 is 2.05 bits per heavy atom. The molecular formula is C14H26N2O3. The highest BCUT2D eigenvalue weighted by molar-refractivity contribution is 5.04. The number of ether oxygens (including phenoxy) is 2. The maximum atomic E-state index is 5.45. The normalized spacial score (nSPS) is 12.3. The highest BCUT2D eigenvalue weighted by Crippen LogP contribution is 2.07. The fourth-order valence-electron chi connectivity index (χ4n) is 1.38. The molecule has 0 aliphatic carbocycles. The third kappa shape index (κ3) is 7.97. The first-order chi connectivity index (χ1) is 8.87. The van der Waals surface area contributed by atoms with Crippen molar-refractivity contribution >= 4 is 0 Å². The lowest BCUT2D eigenvalue weighted by Crippen LogP contribution is -2.35.